The van der Waals surface area contributed by atoms with E-state index in [0.717, 1.165) is 19.6 Å². The second-order valence-electron chi connectivity index (χ2n) is 6.46. The van der Waals surface area contributed by atoms with Crippen LogP contribution in [0.2, 0.25) is 0 Å². The Bertz CT molecular complexity index is 622. The normalized spacial score (nSPS) is 25.2. The van der Waals surface area contributed by atoms with Crippen molar-refractivity contribution in [1.29, 1.82) is 0 Å². The molecule has 0 aromatic carbocycles. The molecule has 0 aromatic rings. The second kappa shape index (κ2) is 9.94. The van der Waals surface area contributed by atoms with Gasteiger partial charge in [-0.05, 0) is 33.4 Å². The van der Waals surface area contributed by atoms with E-state index in [9.17, 15) is 4.79 Å². The summed E-state index contributed by atoms with van der Waals surface area (Å²) in [7, 11) is 0. The zero-order valence-corrected chi connectivity index (χ0v) is 16.8. The van der Waals surface area contributed by atoms with Crippen LogP contribution < -0.4 is 0 Å². The summed E-state index contributed by atoms with van der Waals surface area (Å²) in [6.45, 7) is 8.33. The zero-order chi connectivity index (χ0) is 19.1. The molecular weight excluding hydrogens is 350 g/mol. The van der Waals surface area contributed by atoms with Crippen LogP contribution in [0.5, 0.6) is 0 Å². The van der Waals surface area contributed by atoms with Crippen LogP contribution in [0.1, 0.15) is 33.6 Å². The van der Waals surface area contributed by atoms with Gasteiger partial charge in [-0.15, -0.1) is 11.8 Å². The predicted molar refractivity (Wildman–Crippen MR) is 107 cm³/mol. The highest BCUT2D eigenvalue weighted by molar-refractivity contribution is 8.03. The first kappa shape index (κ1) is 20.7. The smallest absolute Gasteiger partial charge is 0.344 e. The van der Waals surface area contributed by atoms with Crippen molar-refractivity contribution in [2.45, 2.75) is 39.7 Å². The molecule has 0 spiro atoms. The Hall–Kier alpha value is -1.57. The Kier molecular flexibility index (Phi) is 7.93. The number of hydrogen-bond acceptors (Lipinski definition) is 6. The van der Waals surface area contributed by atoms with Crippen LogP contribution in [0.25, 0.3) is 0 Å². The number of carboxylic acid groups (broad SMARTS) is 1. The van der Waals surface area contributed by atoms with E-state index in [2.05, 4.69) is 40.3 Å². The van der Waals surface area contributed by atoms with E-state index in [1.165, 1.54) is 17.3 Å². The molecule has 6 nitrogen and oxygen atoms in total. The molecule has 0 radical (unpaired) electrons. The molecule has 1 saturated carbocycles. The summed E-state index contributed by atoms with van der Waals surface area (Å²) in [6.07, 6.45) is 11.8. The summed E-state index contributed by atoms with van der Waals surface area (Å²) in [4.78, 5) is 15.7. The minimum Gasteiger partial charge on any atom is -0.477 e. The number of hydrazine groups is 1. The van der Waals surface area contributed by atoms with Gasteiger partial charge in [0.25, 0.3) is 0 Å². The van der Waals surface area contributed by atoms with Gasteiger partial charge >= 0.3 is 5.97 Å². The minimum absolute atomic E-state index is 0.291. The van der Waals surface area contributed by atoms with E-state index < -0.39 is 5.97 Å². The molecule has 2 aliphatic rings. The van der Waals surface area contributed by atoms with Crippen molar-refractivity contribution < 1.29 is 14.6 Å². The van der Waals surface area contributed by atoms with Crippen molar-refractivity contribution in [2.75, 3.05) is 26.1 Å². The third kappa shape index (κ3) is 5.46. The first-order chi connectivity index (χ1) is 12.5. The van der Waals surface area contributed by atoms with Gasteiger partial charge < -0.3 is 14.9 Å². The standard InChI is InChI=1S/C19H29N3O3S/c1-5-9-22(21-10-11-25-13-21)17-12-16(17)14(2)7-6-8-20-15(3)18(26-4)19(23)24/h5,7-9,16-17H,6,10-13H2,1-4H3,(H,23,24)/b9-5+,14-7+,18-15-,20-8?/t16?,17-/m0/s1. The number of nitrogens with zero attached hydrogens (tertiary/aromatic N) is 3. The lowest BCUT2D eigenvalue weighted by Gasteiger charge is -2.29. The highest BCUT2D eigenvalue weighted by Crippen LogP contribution is 2.42. The van der Waals surface area contributed by atoms with Crippen molar-refractivity contribution in [3.63, 3.8) is 0 Å². The van der Waals surface area contributed by atoms with Gasteiger partial charge in [0.1, 0.15) is 11.6 Å². The summed E-state index contributed by atoms with van der Waals surface area (Å²) in [5.74, 6) is -0.368. The van der Waals surface area contributed by atoms with Gasteiger partial charge in [0.05, 0.1) is 18.3 Å². The summed E-state index contributed by atoms with van der Waals surface area (Å²) < 4.78 is 5.48. The fraction of sp³-hybridized carbons (Fsp3) is 0.579. The lowest BCUT2D eigenvalue weighted by Crippen LogP contribution is -2.39. The average Bonchev–Trinajstić information content (AvgIpc) is 3.21. The molecule has 1 saturated heterocycles. The van der Waals surface area contributed by atoms with Crippen LogP contribution in [-0.2, 0) is 9.53 Å². The summed E-state index contributed by atoms with van der Waals surface area (Å²) in [5, 5.41) is 13.7. The third-order valence-corrected chi connectivity index (χ3v) is 5.48. The van der Waals surface area contributed by atoms with Gasteiger partial charge in [0.15, 0.2) is 0 Å². The van der Waals surface area contributed by atoms with Crippen molar-refractivity contribution in [2.24, 2.45) is 10.9 Å². The Morgan fingerprint density at radius 3 is 2.81 bits per heavy atom. The number of aliphatic carboxylic acids is 1. The lowest BCUT2D eigenvalue weighted by molar-refractivity contribution is -0.131. The molecule has 7 heteroatoms. The molecule has 2 fully saturated rings. The maximum atomic E-state index is 11.1. The van der Waals surface area contributed by atoms with Gasteiger partial charge in [-0.3, -0.25) is 4.99 Å². The van der Waals surface area contributed by atoms with Gasteiger partial charge in [-0.2, -0.15) is 5.01 Å². The summed E-state index contributed by atoms with van der Waals surface area (Å²) in [6, 6.07) is 0.498. The highest BCUT2D eigenvalue weighted by atomic mass is 32.2. The molecule has 1 heterocycles. The number of thioether (sulfide) groups is 1. The van der Waals surface area contributed by atoms with Crippen molar-refractivity contribution in [1.82, 2.24) is 10.0 Å². The van der Waals surface area contributed by atoms with Crippen LogP contribution >= 0.6 is 11.8 Å². The molecule has 1 N–H and O–H groups in total. The number of ether oxygens (including phenoxy) is 1. The Morgan fingerprint density at radius 1 is 1.46 bits per heavy atom. The van der Waals surface area contributed by atoms with E-state index in [-0.39, 0.29) is 0 Å². The van der Waals surface area contributed by atoms with Gasteiger partial charge in [0, 0.05) is 31.3 Å². The van der Waals surface area contributed by atoms with Crippen LogP contribution in [-0.4, -0.2) is 59.5 Å². The van der Waals surface area contributed by atoms with Crippen LogP contribution in [0.15, 0.2) is 39.5 Å². The number of aliphatic imine (C=N–C) groups is 1. The Balaban J connectivity index is 1.90. The molecule has 1 unspecified atom stereocenters. The molecule has 2 atom stereocenters. The molecular formula is C19H29N3O3S. The average molecular weight is 380 g/mol. The van der Waals surface area contributed by atoms with E-state index in [1.54, 1.807) is 19.4 Å². The zero-order valence-electron chi connectivity index (χ0n) is 16.0. The van der Waals surface area contributed by atoms with E-state index in [1.807, 2.05) is 6.92 Å². The molecule has 1 aliphatic carbocycles. The minimum atomic E-state index is -0.922. The molecule has 1 aliphatic heterocycles. The first-order valence-electron chi connectivity index (χ1n) is 8.90. The van der Waals surface area contributed by atoms with E-state index in [0.29, 0.717) is 35.7 Å². The van der Waals surface area contributed by atoms with E-state index >= 15 is 0 Å². The molecule has 144 valence electrons. The fourth-order valence-electron chi connectivity index (χ4n) is 3.15. The number of carboxylic acids is 1. The van der Waals surface area contributed by atoms with Crippen LogP contribution in [0, 0.1) is 5.92 Å². The first-order valence-corrected chi connectivity index (χ1v) is 10.1. The largest absolute Gasteiger partial charge is 0.477 e. The summed E-state index contributed by atoms with van der Waals surface area (Å²) >= 11 is 1.21. The van der Waals surface area contributed by atoms with Crippen molar-refractivity contribution in [3.8, 4) is 0 Å². The maximum Gasteiger partial charge on any atom is 0.344 e. The number of allylic oxidation sites excluding steroid dienone is 3. The fourth-order valence-corrected chi connectivity index (χ4v) is 3.67. The second-order valence-corrected chi connectivity index (χ2v) is 7.28. The lowest BCUT2D eigenvalue weighted by atomic mass is 10.1. The van der Waals surface area contributed by atoms with Crippen LogP contribution in [0.3, 0.4) is 0 Å². The molecule has 0 aromatic heterocycles. The molecule has 26 heavy (non-hydrogen) atoms. The number of carbonyl (C=O) groups is 1. The maximum absolute atomic E-state index is 11.1. The Morgan fingerprint density at radius 2 is 2.23 bits per heavy atom. The van der Waals surface area contributed by atoms with Gasteiger partial charge in [0.2, 0.25) is 0 Å². The highest BCUT2D eigenvalue weighted by Gasteiger charge is 2.44. The van der Waals surface area contributed by atoms with Crippen molar-refractivity contribution >= 4 is 23.9 Å². The third-order valence-electron chi connectivity index (χ3n) is 4.60. The van der Waals surface area contributed by atoms with Crippen molar-refractivity contribution in [3.05, 3.63) is 34.5 Å². The monoisotopic (exact) mass is 379 g/mol. The SMILES string of the molecule is C/C=C/N([C@H]1CC1/C(C)=C/CC=N/C(C)=C(\SC)C(=O)O)N1CCOC1. The number of hydrogen-bond donors (Lipinski definition) is 1. The van der Waals surface area contributed by atoms with E-state index in [4.69, 9.17) is 9.84 Å². The van der Waals surface area contributed by atoms with Crippen LogP contribution in [0.4, 0.5) is 0 Å². The number of rotatable bonds is 9. The van der Waals surface area contributed by atoms with Gasteiger partial charge in [-0.25, -0.2) is 4.79 Å². The molecule has 0 bridgehead atoms. The predicted octanol–water partition coefficient (Wildman–Crippen LogP) is 3.50. The van der Waals surface area contributed by atoms with Gasteiger partial charge in [-0.1, -0.05) is 17.7 Å². The quantitative estimate of drug-likeness (QED) is 0.376. The molecule has 2 rings (SSSR count). The Labute approximate surface area is 160 Å². The topological polar surface area (TPSA) is 65.4 Å². The molecule has 0 amide bonds. The summed E-state index contributed by atoms with van der Waals surface area (Å²) in [5.41, 5.74) is 1.91.